The number of H-pyrrole nitrogens is 1. The molecule has 108 valence electrons. The molecule has 0 atom stereocenters. The molecule has 0 unspecified atom stereocenters. The molecular formula is C15H10BrCl2FN2. The van der Waals surface area contributed by atoms with Crippen molar-refractivity contribution in [2.75, 3.05) is 5.32 Å². The van der Waals surface area contributed by atoms with Crippen LogP contribution in [0.25, 0.3) is 10.9 Å². The summed E-state index contributed by atoms with van der Waals surface area (Å²) in [6.07, 6.45) is 1.92. The molecule has 2 nitrogen and oxygen atoms in total. The Labute approximate surface area is 139 Å². The number of halogens is 4. The summed E-state index contributed by atoms with van der Waals surface area (Å²) >= 11 is 15.3. The van der Waals surface area contributed by atoms with Gasteiger partial charge in [0.25, 0.3) is 0 Å². The van der Waals surface area contributed by atoms with Gasteiger partial charge in [-0.2, -0.15) is 0 Å². The van der Waals surface area contributed by atoms with Crippen molar-refractivity contribution in [1.82, 2.24) is 4.98 Å². The monoisotopic (exact) mass is 386 g/mol. The molecular weight excluding hydrogens is 378 g/mol. The van der Waals surface area contributed by atoms with Crippen LogP contribution >= 0.6 is 39.1 Å². The standard InChI is InChI=1S/C15H10BrCl2FN2/c16-12-4-10(19)5-13(18)15(12)21-7-8-6-20-14-3-9(17)1-2-11(8)14/h1-6,20-21H,7H2. The second kappa shape index (κ2) is 5.87. The van der Waals surface area contributed by atoms with Gasteiger partial charge in [-0.3, -0.25) is 0 Å². The number of anilines is 1. The van der Waals surface area contributed by atoms with Crippen LogP contribution < -0.4 is 5.32 Å². The van der Waals surface area contributed by atoms with Crippen LogP contribution in [-0.2, 0) is 6.54 Å². The van der Waals surface area contributed by atoms with Gasteiger partial charge in [-0.25, -0.2) is 4.39 Å². The predicted octanol–water partition coefficient (Wildman–Crippen LogP) is 5.99. The van der Waals surface area contributed by atoms with E-state index in [1.165, 1.54) is 12.1 Å². The smallest absolute Gasteiger partial charge is 0.125 e. The van der Waals surface area contributed by atoms with Gasteiger partial charge < -0.3 is 10.3 Å². The van der Waals surface area contributed by atoms with Crippen LogP contribution in [0.5, 0.6) is 0 Å². The van der Waals surface area contributed by atoms with E-state index < -0.39 is 0 Å². The topological polar surface area (TPSA) is 27.8 Å². The lowest BCUT2D eigenvalue weighted by molar-refractivity contribution is 0.627. The molecule has 0 fully saturated rings. The number of fused-ring (bicyclic) bond motifs is 1. The molecule has 0 radical (unpaired) electrons. The third kappa shape index (κ3) is 3.03. The van der Waals surface area contributed by atoms with Crippen molar-refractivity contribution in [3.63, 3.8) is 0 Å². The average molecular weight is 388 g/mol. The maximum absolute atomic E-state index is 13.2. The van der Waals surface area contributed by atoms with E-state index in [2.05, 4.69) is 26.2 Å². The minimum atomic E-state index is -0.376. The number of benzene rings is 2. The van der Waals surface area contributed by atoms with E-state index in [-0.39, 0.29) is 5.82 Å². The number of nitrogens with one attached hydrogen (secondary N) is 2. The summed E-state index contributed by atoms with van der Waals surface area (Å²) < 4.78 is 13.8. The zero-order chi connectivity index (χ0) is 15.0. The van der Waals surface area contributed by atoms with Crippen molar-refractivity contribution < 1.29 is 4.39 Å². The van der Waals surface area contributed by atoms with Crippen LogP contribution in [0.1, 0.15) is 5.56 Å². The maximum atomic E-state index is 13.2. The highest BCUT2D eigenvalue weighted by molar-refractivity contribution is 9.10. The van der Waals surface area contributed by atoms with Gasteiger partial charge in [0.05, 0.1) is 10.7 Å². The van der Waals surface area contributed by atoms with Crippen LogP contribution in [0.2, 0.25) is 10.0 Å². The van der Waals surface area contributed by atoms with E-state index in [1.54, 1.807) is 0 Å². The van der Waals surface area contributed by atoms with Gasteiger partial charge in [-0.1, -0.05) is 29.3 Å². The van der Waals surface area contributed by atoms with Crippen molar-refractivity contribution in [1.29, 1.82) is 0 Å². The van der Waals surface area contributed by atoms with E-state index in [4.69, 9.17) is 23.2 Å². The van der Waals surface area contributed by atoms with Crippen LogP contribution in [0, 0.1) is 5.82 Å². The largest absolute Gasteiger partial charge is 0.379 e. The zero-order valence-electron chi connectivity index (χ0n) is 10.7. The first-order valence-corrected chi connectivity index (χ1v) is 7.73. The van der Waals surface area contributed by atoms with Crippen LogP contribution in [0.3, 0.4) is 0 Å². The van der Waals surface area contributed by atoms with E-state index in [0.29, 0.717) is 26.8 Å². The second-order valence-electron chi connectivity index (χ2n) is 4.60. The lowest BCUT2D eigenvalue weighted by atomic mass is 10.1. The van der Waals surface area contributed by atoms with Crippen LogP contribution in [0.4, 0.5) is 10.1 Å². The molecule has 0 amide bonds. The highest BCUT2D eigenvalue weighted by Gasteiger charge is 2.09. The molecule has 0 saturated carbocycles. The lowest BCUT2D eigenvalue weighted by Gasteiger charge is -2.10. The van der Waals surface area contributed by atoms with Gasteiger partial charge in [0, 0.05) is 33.1 Å². The lowest BCUT2D eigenvalue weighted by Crippen LogP contribution is -2.00. The molecule has 0 aliphatic rings. The van der Waals surface area contributed by atoms with Gasteiger partial charge in [-0.15, -0.1) is 0 Å². The van der Waals surface area contributed by atoms with Crippen molar-refractivity contribution in [3.05, 3.63) is 62.4 Å². The Balaban J connectivity index is 1.87. The fraction of sp³-hybridized carbons (Fsp3) is 0.0667. The summed E-state index contributed by atoms with van der Waals surface area (Å²) in [7, 11) is 0. The van der Waals surface area contributed by atoms with Gasteiger partial charge in [0.2, 0.25) is 0 Å². The van der Waals surface area contributed by atoms with Crippen molar-refractivity contribution >= 4 is 55.7 Å². The first kappa shape index (κ1) is 14.7. The molecule has 1 heterocycles. The quantitative estimate of drug-likeness (QED) is 0.567. The first-order valence-electron chi connectivity index (χ1n) is 6.18. The van der Waals surface area contributed by atoms with Gasteiger partial charge in [0.15, 0.2) is 0 Å². The SMILES string of the molecule is Fc1cc(Cl)c(NCc2c[nH]c3cc(Cl)ccc23)c(Br)c1. The third-order valence-electron chi connectivity index (χ3n) is 3.19. The van der Waals surface area contributed by atoms with Crippen molar-refractivity contribution in [2.45, 2.75) is 6.54 Å². The molecule has 3 rings (SSSR count). The normalized spacial score (nSPS) is 11.0. The van der Waals surface area contributed by atoms with Gasteiger partial charge in [0.1, 0.15) is 5.82 Å². The summed E-state index contributed by atoms with van der Waals surface area (Å²) in [6, 6.07) is 8.35. The molecule has 0 spiro atoms. The van der Waals surface area contributed by atoms with E-state index in [9.17, 15) is 4.39 Å². The molecule has 0 saturated heterocycles. The molecule has 2 aromatic carbocycles. The summed E-state index contributed by atoms with van der Waals surface area (Å²) in [5.41, 5.74) is 2.72. The Hall–Kier alpha value is -1.23. The molecule has 0 aliphatic carbocycles. The Morgan fingerprint density at radius 3 is 2.76 bits per heavy atom. The van der Waals surface area contributed by atoms with E-state index in [1.807, 2.05) is 24.4 Å². The molecule has 0 aliphatic heterocycles. The fourth-order valence-electron chi connectivity index (χ4n) is 2.20. The summed E-state index contributed by atoms with van der Waals surface area (Å²) in [4.78, 5) is 3.17. The fourth-order valence-corrected chi connectivity index (χ4v) is 3.33. The maximum Gasteiger partial charge on any atom is 0.125 e. The van der Waals surface area contributed by atoms with Gasteiger partial charge in [-0.05, 0) is 45.8 Å². The second-order valence-corrected chi connectivity index (χ2v) is 6.30. The molecule has 21 heavy (non-hydrogen) atoms. The minimum absolute atomic E-state index is 0.338. The average Bonchev–Trinajstić information content (AvgIpc) is 2.79. The molecule has 2 N–H and O–H groups in total. The number of hydrogen-bond donors (Lipinski definition) is 2. The highest BCUT2D eigenvalue weighted by atomic mass is 79.9. The Bertz CT molecular complexity index is 794. The number of aromatic amines is 1. The van der Waals surface area contributed by atoms with E-state index in [0.717, 1.165) is 16.5 Å². The van der Waals surface area contributed by atoms with Crippen LogP contribution in [-0.4, -0.2) is 4.98 Å². The Morgan fingerprint density at radius 1 is 1.19 bits per heavy atom. The van der Waals surface area contributed by atoms with E-state index >= 15 is 0 Å². The van der Waals surface area contributed by atoms with Crippen molar-refractivity contribution in [3.8, 4) is 0 Å². The summed E-state index contributed by atoms with van der Waals surface area (Å²) in [5.74, 6) is -0.376. The summed E-state index contributed by atoms with van der Waals surface area (Å²) in [5, 5.41) is 5.33. The highest BCUT2D eigenvalue weighted by Crippen LogP contribution is 2.32. The minimum Gasteiger partial charge on any atom is -0.379 e. The zero-order valence-corrected chi connectivity index (χ0v) is 13.8. The number of rotatable bonds is 3. The Morgan fingerprint density at radius 2 is 2.00 bits per heavy atom. The first-order chi connectivity index (χ1) is 10.0. The van der Waals surface area contributed by atoms with Gasteiger partial charge >= 0.3 is 0 Å². The Kier molecular flexibility index (Phi) is 4.11. The third-order valence-corrected chi connectivity index (χ3v) is 4.35. The summed E-state index contributed by atoms with van der Waals surface area (Å²) in [6.45, 7) is 0.561. The number of hydrogen-bond acceptors (Lipinski definition) is 1. The predicted molar refractivity (Wildman–Crippen MR) is 89.7 cm³/mol. The molecule has 3 aromatic rings. The van der Waals surface area contributed by atoms with Crippen molar-refractivity contribution in [2.24, 2.45) is 0 Å². The molecule has 0 bridgehead atoms. The molecule has 6 heteroatoms. The number of aromatic nitrogens is 1. The van der Waals surface area contributed by atoms with Crippen LogP contribution in [0.15, 0.2) is 41.0 Å². The molecule has 1 aromatic heterocycles.